The minimum Gasteiger partial charge on any atom is -0.545 e. The fraction of sp³-hybridized carbons (Fsp3) is 0.0769. The van der Waals surface area contributed by atoms with E-state index in [2.05, 4.69) is 10.6 Å². The highest BCUT2D eigenvalue weighted by molar-refractivity contribution is 6.53. The summed E-state index contributed by atoms with van der Waals surface area (Å²) in [6.45, 7) is 1.76. The van der Waals surface area contributed by atoms with Crippen LogP contribution in [0.2, 0.25) is 0 Å². The lowest BCUT2D eigenvalue weighted by Crippen LogP contribution is -2.32. The van der Waals surface area contributed by atoms with Gasteiger partial charge in [0.15, 0.2) is 0 Å². The molecule has 3 aromatic rings. The Morgan fingerprint density at radius 3 is 2.17 bits per heavy atom. The van der Waals surface area contributed by atoms with E-state index in [1.165, 1.54) is 37.4 Å². The van der Waals surface area contributed by atoms with Gasteiger partial charge >= 0.3 is 0 Å². The molecule has 0 aliphatic carbocycles. The maximum Gasteiger partial charge on any atom is 0.283 e. The molecule has 1 aliphatic heterocycles. The standard InChI is InChI=1S/C26H20ClN3O6/c1-14-3-4-16(23(31)28-17-7-5-15(6-8-17)26(34)35)13-20(14)29-22-21(27)24(32)30(25(22)33)18-9-11-19(36-2)12-10-18/h3-13,29H,1-2H3,(H,28,31)(H,34,35)/p-1. The molecule has 0 atom stereocenters. The highest BCUT2D eigenvalue weighted by Crippen LogP contribution is 2.32. The molecule has 0 saturated heterocycles. The second kappa shape index (κ2) is 9.93. The molecule has 0 unspecified atom stereocenters. The largest absolute Gasteiger partial charge is 0.545 e. The van der Waals surface area contributed by atoms with Gasteiger partial charge in [0.25, 0.3) is 17.7 Å². The van der Waals surface area contributed by atoms with Crippen LogP contribution >= 0.6 is 11.6 Å². The van der Waals surface area contributed by atoms with Crippen LogP contribution in [0.25, 0.3) is 0 Å². The first kappa shape index (κ1) is 24.5. The predicted octanol–water partition coefficient (Wildman–Crippen LogP) is 3.06. The van der Waals surface area contributed by atoms with E-state index in [4.69, 9.17) is 16.3 Å². The molecule has 0 radical (unpaired) electrons. The Balaban J connectivity index is 1.54. The predicted molar refractivity (Wildman–Crippen MR) is 132 cm³/mol. The number of aryl methyl sites for hydroxylation is 1. The van der Waals surface area contributed by atoms with Crippen molar-refractivity contribution in [1.29, 1.82) is 0 Å². The molecule has 0 bridgehead atoms. The lowest BCUT2D eigenvalue weighted by atomic mass is 10.1. The van der Waals surface area contributed by atoms with Gasteiger partial charge in [0.05, 0.1) is 18.8 Å². The number of hydrogen-bond donors (Lipinski definition) is 2. The first-order chi connectivity index (χ1) is 17.2. The number of hydrogen-bond acceptors (Lipinski definition) is 7. The van der Waals surface area contributed by atoms with E-state index >= 15 is 0 Å². The number of carboxylic acid groups (broad SMARTS) is 1. The zero-order valence-electron chi connectivity index (χ0n) is 19.1. The number of benzene rings is 3. The summed E-state index contributed by atoms with van der Waals surface area (Å²) >= 11 is 6.23. The molecule has 1 aliphatic rings. The van der Waals surface area contributed by atoms with Crippen molar-refractivity contribution in [2.75, 3.05) is 22.6 Å². The molecule has 0 saturated carbocycles. The third kappa shape index (κ3) is 4.77. The molecule has 0 fully saturated rings. The number of aromatic carboxylic acids is 1. The van der Waals surface area contributed by atoms with Crippen molar-refractivity contribution in [2.24, 2.45) is 0 Å². The molecule has 3 amide bonds. The second-order valence-electron chi connectivity index (χ2n) is 7.81. The van der Waals surface area contributed by atoms with Crippen LogP contribution in [0.4, 0.5) is 17.1 Å². The van der Waals surface area contributed by atoms with Gasteiger partial charge in [0.1, 0.15) is 16.5 Å². The summed E-state index contributed by atoms with van der Waals surface area (Å²) in [4.78, 5) is 50.4. The van der Waals surface area contributed by atoms with Crippen LogP contribution in [-0.4, -0.2) is 30.8 Å². The zero-order valence-corrected chi connectivity index (χ0v) is 19.9. The Bertz CT molecular complexity index is 1410. The summed E-state index contributed by atoms with van der Waals surface area (Å²) in [5.74, 6) is -2.54. The topological polar surface area (TPSA) is 128 Å². The Kier molecular flexibility index (Phi) is 6.75. The lowest BCUT2D eigenvalue weighted by molar-refractivity contribution is -0.255. The van der Waals surface area contributed by atoms with E-state index < -0.39 is 23.7 Å². The van der Waals surface area contributed by atoms with Gasteiger partial charge in [-0.3, -0.25) is 14.4 Å². The molecule has 9 nitrogen and oxygen atoms in total. The number of halogens is 1. The Labute approximate surface area is 210 Å². The fourth-order valence-corrected chi connectivity index (χ4v) is 3.72. The van der Waals surface area contributed by atoms with Crippen molar-refractivity contribution in [1.82, 2.24) is 0 Å². The van der Waals surface area contributed by atoms with Crippen LogP contribution in [0.15, 0.2) is 77.5 Å². The zero-order chi connectivity index (χ0) is 26.0. The van der Waals surface area contributed by atoms with Gasteiger partial charge in [0, 0.05) is 16.9 Å². The summed E-state index contributed by atoms with van der Waals surface area (Å²) in [6, 6.07) is 16.7. The van der Waals surface area contributed by atoms with Crippen LogP contribution < -0.4 is 25.4 Å². The van der Waals surface area contributed by atoms with Crippen molar-refractivity contribution < 1.29 is 29.0 Å². The molecule has 0 spiro atoms. The number of methoxy groups -OCH3 is 1. The van der Waals surface area contributed by atoms with Crippen LogP contribution in [0.3, 0.4) is 0 Å². The molecule has 3 aromatic carbocycles. The maximum absolute atomic E-state index is 13.1. The van der Waals surface area contributed by atoms with E-state index in [9.17, 15) is 24.3 Å². The third-order valence-corrected chi connectivity index (χ3v) is 5.85. The van der Waals surface area contributed by atoms with E-state index in [0.29, 0.717) is 28.4 Å². The van der Waals surface area contributed by atoms with E-state index in [1.54, 1.807) is 43.3 Å². The number of nitrogens with one attached hydrogen (secondary N) is 2. The van der Waals surface area contributed by atoms with Crippen LogP contribution in [0, 0.1) is 6.92 Å². The maximum atomic E-state index is 13.1. The highest BCUT2D eigenvalue weighted by atomic mass is 35.5. The number of anilines is 3. The number of nitrogens with zero attached hydrogens (tertiary/aromatic N) is 1. The number of amides is 3. The average Bonchev–Trinajstić information content (AvgIpc) is 3.08. The average molecular weight is 505 g/mol. The fourth-order valence-electron chi connectivity index (χ4n) is 3.50. The number of carbonyl (C=O) groups is 4. The number of rotatable bonds is 7. The number of ether oxygens (including phenoxy) is 1. The summed E-state index contributed by atoms with van der Waals surface area (Å²) in [7, 11) is 1.51. The van der Waals surface area contributed by atoms with Gasteiger partial charge < -0.3 is 25.3 Å². The Hall–Kier alpha value is -4.63. The van der Waals surface area contributed by atoms with Crippen molar-refractivity contribution in [3.05, 3.63) is 94.1 Å². The van der Waals surface area contributed by atoms with Gasteiger partial charge in [-0.25, -0.2) is 4.90 Å². The van der Waals surface area contributed by atoms with Crippen LogP contribution in [-0.2, 0) is 9.59 Å². The van der Waals surface area contributed by atoms with E-state index in [1.807, 2.05) is 0 Å². The van der Waals surface area contributed by atoms with E-state index in [-0.39, 0.29) is 21.9 Å². The van der Waals surface area contributed by atoms with Crippen molar-refractivity contribution in [2.45, 2.75) is 6.92 Å². The van der Waals surface area contributed by atoms with Crippen molar-refractivity contribution >= 4 is 52.4 Å². The van der Waals surface area contributed by atoms with Gasteiger partial charge in [-0.05, 0) is 66.6 Å². The minimum absolute atomic E-state index is 0.0144. The van der Waals surface area contributed by atoms with Gasteiger partial charge in [-0.2, -0.15) is 0 Å². The SMILES string of the molecule is COc1ccc(N2C(=O)C(Cl)=C(Nc3cc(C(=O)Nc4ccc(C(=O)[O-])cc4)ccc3C)C2=O)cc1. The van der Waals surface area contributed by atoms with Gasteiger partial charge in [0.2, 0.25) is 0 Å². The van der Waals surface area contributed by atoms with Gasteiger partial charge in [-0.15, -0.1) is 0 Å². The first-order valence-electron chi connectivity index (χ1n) is 10.6. The van der Waals surface area contributed by atoms with Gasteiger partial charge in [-0.1, -0.05) is 29.8 Å². The van der Waals surface area contributed by atoms with Crippen LogP contribution in [0.1, 0.15) is 26.3 Å². The van der Waals surface area contributed by atoms with E-state index in [0.717, 1.165) is 4.90 Å². The molecule has 1 heterocycles. The Morgan fingerprint density at radius 1 is 0.917 bits per heavy atom. The monoisotopic (exact) mass is 504 g/mol. The van der Waals surface area contributed by atoms with Crippen molar-refractivity contribution in [3.8, 4) is 5.75 Å². The quantitative estimate of drug-likeness (QED) is 0.473. The number of imide groups is 1. The second-order valence-corrected chi connectivity index (χ2v) is 8.18. The molecular formula is C26H19ClN3O6-. The Morgan fingerprint density at radius 2 is 1.56 bits per heavy atom. The molecule has 10 heteroatoms. The summed E-state index contributed by atoms with van der Waals surface area (Å²) in [5, 5.41) is 16.2. The third-order valence-electron chi connectivity index (χ3n) is 5.50. The molecule has 182 valence electrons. The van der Waals surface area contributed by atoms with Crippen LogP contribution in [0.5, 0.6) is 5.75 Å². The highest BCUT2D eigenvalue weighted by Gasteiger charge is 2.39. The number of carbonyl (C=O) groups excluding carboxylic acids is 4. The lowest BCUT2D eigenvalue weighted by Gasteiger charge is -2.16. The smallest absolute Gasteiger partial charge is 0.283 e. The summed E-state index contributed by atoms with van der Waals surface area (Å²) in [5.41, 5.74) is 1.95. The minimum atomic E-state index is -1.32. The molecule has 0 aromatic heterocycles. The van der Waals surface area contributed by atoms with Crippen molar-refractivity contribution in [3.63, 3.8) is 0 Å². The molecule has 36 heavy (non-hydrogen) atoms. The molecule has 2 N–H and O–H groups in total. The molecule has 4 rings (SSSR count). The molecular weight excluding hydrogens is 486 g/mol. The summed E-state index contributed by atoms with van der Waals surface area (Å²) in [6.07, 6.45) is 0. The first-order valence-corrected chi connectivity index (χ1v) is 11.0. The number of carboxylic acids is 1. The summed E-state index contributed by atoms with van der Waals surface area (Å²) < 4.78 is 5.11. The normalized spacial score (nSPS) is 13.1.